The highest BCUT2D eigenvalue weighted by Crippen LogP contribution is 2.44. The number of morpholine rings is 1. The van der Waals surface area contributed by atoms with Crippen LogP contribution in [0.5, 0.6) is 0 Å². The van der Waals surface area contributed by atoms with Gasteiger partial charge < -0.3 is 24.3 Å². The van der Waals surface area contributed by atoms with Crippen LogP contribution in [0.3, 0.4) is 0 Å². The predicted octanol–water partition coefficient (Wildman–Crippen LogP) is 2.99. The second-order valence-electron chi connectivity index (χ2n) is 8.51. The van der Waals surface area contributed by atoms with Gasteiger partial charge in [0.15, 0.2) is 0 Å². The van der Waals surface area contributed by atoms with Crippen LogP contribution in [0.25, 0.3) is 10.9 Å². The molecular formula is C22H29N3O3. The number of likely N-dealkylation sites (N-methyl/N-ethyl adjacent to an activating group) is 1. The molecule has 0 radical (unpaired) electrons. The third kappa shape index (κ3) is 3.18. The highest BCUT2D eigenvalue weighted by molar-refractivity contribution is 5.88. The molecule has 2 saturated heterocycles. The van der Waals surface area contributed by atoms with E-state index in [9.17, 15) is 4.79 Å². The van der Waals surface area contributed by atoms with E-state index >= 15 is 0 Å². The third-order valence-corrected chi connectivity index (χ3v) is 6.83. The summed E-state index contributed by atoms with van der Waals surface area (Å²) in [7, 11) is 2.25. The van der Waals surface area contributed by atoms with Gasteiger partial charge in [-0.25, -0.2) is 4.79 Å². The fourth-order valence-corrected chi connectivity index (χ4v) is 5.41. The van der Waals surface area contributed by atoms with Crippen molar-refractivity contribution in [3.63, 3.8) is 0 Å². The highest BCUT2D eigenvalue weighted by Gasteiger charge is 2.39. The molecule has 1 aliphatic carbocycles. The van der Waals surface area contributed by atoms with Gasteiger partial charge in [0.1, 0.15) is 0 Å². The number of benzene rings is 1. The number of nitrogens with one attached hydrogen (secondary N) is 1. The minimum absolute atomic E-state index is 0.190. The maximum absolute atomic E-state index is 12.2. The Bertz CT molecular complexity index is 858. The van der Waals surface area contributed by atoms with Gasteiger partial charge >= 0.3 is 6.09 Å². The summed E-state index contributed by atoms with van der Waals surface area (Å²) >= 11 is 0. The van der Waals surface area contributed by atoms with Crippen molar-refractivity contribution in [3.8, 4) is 0 Å². The Morgan fingerprint density at radius 2 is 2.18 bits per heavy atom. The normalized spacial score (nSPS) is 27.6. The summed E-state index contributed by atoms with van der Waals surface area (Å²) in [4.78, 5) is 19.9. The van der Waals surface area contributed by atoms with Crippen molar-refractivity contribution in [3.05, 3.63) is 35.5 Å². The monoisotopic (exact) mass is 383 g/mol. The zero-order chi connectivity index (χ0) is 19.1. The lowest BCUT2D eigenvalue weighted by atomic mass is 9.72. The molecule has 150 valence electrons. The molecular weight excluding hydrogens is 354 g/mol. The molecule has 0 bridgehead atoms. The number of rotatable bonds is 3. The molecule has 6 nitrogen and oxygen atoms in total. The van der Waals surface area contributed by atoms with Crippen molar-refractivity contribution in [2.24, 2.45) is 5.92 Å². The van der Waals surface area contributed by atoms with E-state index in [4.69, 9.17) is 9.47 Å². The number of carbonyl (C=O) groups is 1. The van der Waals surface area contributed by atoms with Crippen LogP contribution in [0.15, 0.2) is 24.4 Å². The van der Waals surface area contributed by atoms with Gasteiger partial charge in [0, 0.05) is 48.7 Å². The topological polar surface area (TPSA) is 57.8 Å². The first-order chi connectivity index (χ1) is 13.7. The summed E-state index contributed by atoms with van der Waals surface area (Å²) in [6.07, 6.45) is 5.23. The van der Waals surface area contributed by atoms with Crippen LogP contribution in [-0.4, -0.2) is 73.4 Å². The van der Waals surface area contributed by atoms with Crippen molar-refractivity contribution in [1.29, 1.82) is 0 Å². The molecule has 2 aliphatic heterocycles. The molecule has 1 unspecified atom stereocenters. The molecule has 3 atom stereocenters. The Balaban J connectivity index is 1.24. The number of ether oxygens (including phenoxy) is 2. The summed E-state index contributed by atoms with van der Waals surface area (Å²) in [5.41, 5.74) is 4.21. The van der Waals surface area contributed by atoms with Crippen LogP contribution in [0.4, 0.5) is 4.79 Å². The standard InChI is InChI=1S/C22H29N3O3/c1-24-14-15(5-8-28-22(26)25-6-9-27-10-7-25)11-18-17-3-2-4-19-21(17)16(13-23-19)12-20(18)24/h2-4,13,15,18,20,23H,5-12,14H2,1H3/t15?,18-,20-/m1/s1. The van der Waals surface area contributed by atoms with E-state index < -0.39 is 0 Å². The molecule has 28 heavy (non-hydrogen) atoms. The molecule has 1 N–H and O–H groups in total. The number of nitrogens with zero attached hydrogens (tertiary/aromatic N) is 2. The summed E-state index contributed by atoms with van der Waals surface area (Å²) in [5.74, 6) is 1.12. The van der Waals surface area contributed by atoms with Gasteiger partial charge in [-0.05, 0) is 49.4 Å². The number of hydrogen-bond donors (Lipinski definition) is 1. The van der Waals surface area contributed by atoms with E-state index in [2.05, 4.69) is 41.3 Å². The Morgan fingerprint density at radius 3 is 3.04 bits per heavy atom. The molecule has 0 spiro atoms. The first kappa shape index (κ1) is 18.0. The zero-order valence-corrected chi connectivity index (χ0v) is 16.5. The zero-order valence-electron chi connectivity index (χ0n) is 16.5. The molecule has 5 rings (SSSR count). The number of hydrogen-bond acceptors (Lipinski definition) is 4. The molecule has 2 fully saturated rings. The maximum Gasteiger partial charge on any atom is 0.409 e. The molecule has 1 amide bonds. The summed E-state index contributed by atoms with van der Waals surface area (Å²) in [5, 5.41) is 1.44. The fourth-order valence-electron chi connectivity index (χ4n) is 5.41. The minimum Gasteiger partial charge on any atom is -0.449 e. The third-order valence-electron chi connectivity index (χ3n) is 6.83. The number of fused-ring (bicyclic) bond motifs is 2. The second kappa shape index (κ2) is 7.41. The number of amides is 1. The van der Waals surface area contributed by atoms with Crippen LogP contribution < -0.4 is 0 Å². The van der Waals surface area contributed by atoms with E-state index in [1.807, 2.05) is 0 Å². The van der Waals surface area contributed by atoms with Crippen molar-refractivity contribution < 1.29 is 14.3 Å². The molecule has 0 saturated carbocycles. The first-order valence-electron chi connectivity index (χ1n) is 10.5. The number of likely N-dealkylation sites (tertiary alicyclic amines) is 1. The van der Waals surface area contributed by atoms with E-state index in [0.29, 0.717) is 50.8 Å². The van der Waals surface area contributed by atoms with Crippen LogP contribution in [-0.2, 0) is 15.9 Å². The largest absolute Gasteiger partial charge is 0.449 e. The average molecular weight is 383 g/mol. The Labute approximate surface area is 165 Å². The molecule has 2 aromatic rings. The lowest BCUT2D eigenvalue weighted by molar-refractivity contribution is 0.0232. The first-order valence-corrected chi connectivity index (χ1v) is 10.5. The minimum atomic E-state index is -0.190. The van der Waals surface area contributed by atoms with Crippen molar-refractivity contribution in [2.75, 3.05) is 46.5 Å². The predicted molar refractivity (Wildman–Crippen MR) is 108 cm³/mol. The van der Waals surface area contributed by atoms with Crippen molar-refractivity contribution >= 4 is 17.0 Å². The van der Waals surface area contributed by atoms with Crippen LogP contribution in [0, 0.1) is 5.92 Å². The SMILES string of the molecule is CN1CC(CCOC(=O)N2CCOCC2)C[C@@H]2c3cccc4[nH]cc(c34)C[C@H]21. The number of piperidine rings is 1. The van der Waals surface area contributed by atoms with Gasteiger partial charge in [0.2, 0.25) is 0 Å². The highest BCUT2D eigenvalue weighted by atomic mass is 16.6. The number of H-pyrrole nitrogens is 1. The second-order valence-corrected chi connectivity index (χ2v) is 8.51. The lowest BCUT2D eigenvalue weighted by Gasteiger charge is -2.45. The maximum atomic E-state index is 12.2. The van der Waals surface area contributed by atoms with Gasteiger partial charge in [0.25, 0.3) is 0 Å². The average Bonchev–Trinajstić information content (AvgIpc) is 3.14. The van der Waals surface area contributed by atoms with Crippen molar-refractivity contribution in [1.82, 2.24) is 14.8 Å². The Kier molecular flexibility index (Phi) is 4.77. The van der Waals surface area contributed by atoms with E-state index in [-0.39, 0.29) is 6.09 Å². The van der Waals surface area contributed by atoms with Gasteiger partial charge in [-0.15, -0.1) is 0 Å². The van der Waals surface area contributed by atoms with E-state index in [1.165, 1.54) is 28.5 Å². The fraction of sp³-hybridized carbons (Fsp3) is 0.591. The lowest BCUT2D eigenvalue weighted by Crippen LogP contribution is -2.48. The van der Waals surface area contributed by atoms with Crippen molar-refractivity contribution in [2.45, 2.75) is 31.2 Å². The van der Waals surface area contributed by atoms with Gasteiger partial charge in [-0.1, -0.05) is 12.1 Å². The number of aromatic amines is 1. The summed E-state index contributed by atoms with van der Waals surface area (Å²) < 4.78 is 10.9. The molecule has 6 heteroatoms. The van der Waals surface area contributed by atoms with E-state index in [1.54, 1.807) is 4.90 Å². The molecule has 1 aromatic heterocycles. The quantitative estimate of drug-likeness (QED) is 0.885. The Hall–Kier alpha value is -2.05. The Morgan fingerprint density at radius 1 is 1.32 bits per heavy atom. The van der Waals surface area contributed by atoms with E-state index in [0.717, 1.165) is 19.4 Å². The van der Waals surface area contributed by atoms with Gasteiger partial charge in [-0.2, -0.15) is 0 Å². The summed E-state index contributed by atoms with van der Waals surface area (Å²) in [6.45, 7) is 4.07. The molecule has 3 heterocycles. The number of carbonyl (C=O) groups excluding carboxylic acids is 1. The van der Waals surface area contributed by atoms with Crippen LogP contribution in [0.2, 0.25) is 0 Å². The molecule has 3 aliphatic rings. The number of aromatic nitrogens is 1. The van der Waals surface area contributed by atoms with Gasteiger partial charge in [0.05, 0.1) is 19.8 Å². The molecule has 1 aromatic carbocycles. The van der Waals surface area contributed by atoms with Gasteiger partial charge in [-0.3, -0.25) is 0 Å². The van der Waals surface area contributed by atoms with Crippen LogP contribution >= 0.6 is 0 Å². The van der Waals surface area contributed by atoms with Crippen LogP contribution in [0.1, 0.15) is 29.9 Å². The summed E-state index contributed by atoms with van der Waals surface area (Å²) in [6, 6.07) is 7.23. The smallest absolute Gasteiger partial charge is 0.409 e.